The fourth-order valence-corrected chi connectivity index (χ4v) is 2.69. The highest BCUT2D eigenvalue weighted by atomic mass is 79.9. The minimum atomic E-state index is -0.0428. The van der Waals surface area contributed by atoms with Gasteiger partial charge in [0.1, 0.15) is 0 Å². The summed E-state index contributed by atoms with van der Waals surface area (Å²) in [5, 5.41) is 1.93. The quantitative estimate of drug-likeness (QED) is 0.801. The second-order valence-electron chi connectivity index (χ2n) is 3.06. The molecule has 15 heavy (non-hydrogen) atoms. The Bertz CT molecular complexity index is 484. The molecular weight excluding hydrogens is 276 g/mol. The summed E-state index contributed by atoms with van der Waals surface area (Å²) in [4.78, 5) is 12.8. The summed E-state index contributed by atoms with van der Waals surface area (Å²) in [6.07, 6.45) is 2.37. The van der Waals surface area contributed by atoms with E-state index in [1.54, 1.807) is 6.07 Å². The highest BCUT2D eigenvalue weighted by Gasteiger charge is 2.19. The van der Waals surface area contributed by atoms with Crippen molar-refractivity contribution in [2.24, 2.45) is 0 Å². The van der Waals surface area contributed by atoms with Gasteiger partial charge in [0.05, 0.1) is 15.6 Å². The molecule has 0 amide bonds. The van der Waals surface area contributed by atoms with Crippen LogP contribution >= 0.6 is 27.3 Å². The fraction of sp³-hybridized carbons (Fsp3) is 0.182. The predicted octanol–water partition coefficient (Wildman–Crippen LogP) is 3.90. The molecule has 0 bridgehead atoms. The first kappa shape index (κ1) is 10.6. The molecule has 0 radical (unpaired) electrons. The second-order valence-corrected chi connectivity index (χ2v) is 4.83. The molecular formula is C11H9BrO2S. The van der Waals surface area contributed by atoms with Crippen molar-refractivity contribution in [3.63, 3.8) is 0 Å². The third-order valence-corrected chi connectivity index (χ3v) is 3.74. The molecule has 0 aromatic carbocycles. The zero-order chi connectivity index (χ0) is 10.8. The van der Waals surface area contributed by atoms with E-state index >= 15 is 0 Å². The Labute approximate surface area is 100 Å². The summed E-state index contributed by atoms with van der Waals surface area (Å²) in [5.74, 6) is 0.339. The number of thiophene rings is 1. The van der Waals surface area contributed by atoms with Gasteiger partial charge in [0.25, 0.3) is 0 Å². The Balaban J connectivity index is 2.41. The van der Waals surface area contributed by atoms with Crippen molar-refractivity contribution in [1.82, 2.24) is 0 Å². The SMILES string of the molecule is CCc1ccsc1C(=O)c1occc1Br. The Kier molecular flexibility index (Phi) is 3.07. The summed E-state index contributed by atoms with van der Waals surface area (Å²) in [7, 11) is 0. The van der Waals surface area contributed by atoms with Crippen molar-refractivity contribution in [3.05, 3.63) is 44.4 Å². The number of hydrogen-bond donors (Lipinski definition) is 0. The van der Waals surface area contributed by atoms with Gasteiger partial charge in [0, 0.05) is 0 Å². The average molecular weight is 285 g/mol. The minimum absolute atomic E-state index is 0.0428. The first-order chi connectivity index (χ1) is 7.24. The van der Waals surface area contributed by atoms with Gasteiger partial charge in [-0.3, -0.25) is 4.79 Å². The van der Waals surface area contributed by atoms with Gasteiger partial charge in [0.2, 0.25) is 5.78 Å². The third-order valence-electron chi connectivity index (χ3n) is 2.16. The molecule has 0 fully saturated rings. The molecule has 4 heteroatoms. The lowest BCUT2D eigenvalue weighted by atomic mass is 10.1. The van der Waals surface area contributed by atoms with Crippen molar-refractivity contribution >= 4 is 33.0 Å². The van der Waals surface area contributed by atoms with E-state index in [2.05, 4.69) is 15.9 Å². The van der Waals surface area contributed by atoms with Crippen molar-refractivity contribution in [3.8, 4) is 0 Å². The van der Waals surface area contributed by atoms with Crippen LogP contribution in [-0.4, -0.2) is 5.78 Å². The molecule has 0 unspecified atom stereocenters. The molecule has 0 aliphatic rings. The second kappa shape index (κ2) is 4.33. The highest BCUT2D eigenvalue weighted by Crippen LogP contribution is 2.26. The molecule has 0 N–H and O–H groups in total. The van der Waals surface area contributed by atoms with Crippen LogP contribution in [0.15, 0.2) is 32.7 Å². The molecule has 2 aromatic rings. The largest absolute Gasteiger partial charge is 0.460 e. The zero-order valence-electron chi connectivity index (χ0n) is 8.12. The van der Waals surface area contributed by atoms with Crippen LogP contribution in [-0.2, 0) is 6.42 Å². The van der Waals surface area contributed by atoms with E-state index in [0.29, 0.717) is 10.2 Å². The van der Waals surface area contributed by atoms with Crippen LogP contribution in [0, 0.1) is 0 Å². The van der Waals surface area contributed by atoms with E-state index in [1.807, 2.05) is 18.4 Å². The standard InChI is InChI=1S/C11H9BrO2S/c1-2-7-4-6-15-11(7)9(13)10-8(12)3-5-14-10/h3-6H,2H2,1H3. The van der Waals surface area contributed by atoms with Crippen molar-refractivity contribution in [1.29, 1.82) is 0 Å². The number of ketones is 1. The minimum Gasteiger partial charge on any atom is -0.460 e. The maximum Gasteiger partial charge on any atom is 0.239 e. The molecule has 0 aliphatic heterocycles. The van der Waals surface area contributed by atoms with E-state index in [-0.39, 0.29) is 5.78 Å². The smallest absolute Gasteiger partial charge is 0.239 e. The third kappa shape index (κ3) is 1.92. The molecule has 2 nitrogen and oxygen atoms in total. The van der Waals surface area contributed by atoms with Gasteiger partial charge in [-0.2, -0.15) is 0 Å². The first-order valence-corrected chi connectivity index (χ1v) is 6.25. The highest BCUT2D eigenvalue weighted by molar-refractivity contribution is 9.10. The maximum absolute atomic E-state index is 12.1. The Morgan fingerprint density at radius 2 is 2.33 bits per heavy atom. The number of carbonyl (C=O) groups excluding carboxylic acids is 1. The van der Waals surface area contributed by atoms with E-state index in [4.69, 9.17) is 4.42 Å². The van der Waals surface area contributed by atoms with Crippen molar-refractivity contribution in [2.75, 3.05) is 0 Å². The monoisotopic (exact) mass is 284 g/mol. The molecule has 78 valence electrons. The van der Waals surface area contributed by atoms with Gasteiger partial charge < -0.3 is 4.42 Å². The van der Waals surface area contributed by atoms with Crippen LogP contribution in [0.1, 0.15) is 27.9 Å². The van der Waals surface area contributed by atoms with E-state index < -0.39 is 0 Å². The summed E-state index contributed by atoms with van der Waals surface area (Å²) in [6.45, 7) is 2.04. The van der Waals surface area contributed by atoms with Crippen LogP contribution < -0.4 is 0 Å². The lowest BCUT2D eigenvalue weighted by Crippen LogP contribution is -2.00. The lowest BCUT2D eigenvalue weighted by molar-refractivity contribution is 0.101. The average Bonchev–Trinajstić information content (AvgIpc) is 2.84. The molecule has 0 spiro atoms. The molecule has 0 saturated carbocycles. The molecule has 0 saturated heterocycles. The van der Waals surface area contributed by atoms with Crippen LogP contribution in [0.2, 0.25) is 0 Å². The topological polar surface area (TPSA) is 30.2 Å². The normalized spacial score (nSPS) is 10.5. The molecule has 0 atom stereocenters. The summed E-state index contributed by atoms with van der Waals surface area (Å²) in [6, 6.07) is 3.71. The maximum atomic E-state index is 12.1. The van der Waals surface area contributed by atoms with Gasteiger partial charge in [-0.1, -0.05) is 6.92 Å². The Hall–Kier alpha value is -0.870. The van der Waals surface area contributed by atoms with Gasteiger partial charge >= 0.3 is 0 Å². The molecule has 2 aromatic heterocycles. The van der Waals surface area contributed by atoms with Gasteiger partial charge in [-0.15, -0.1) is 11.3 Å². The zero-order valence-corrected chi connectivity index (χ0v) is 10.5. The van der Waals surface area contributed by atoms with Crippen LogP contribution in [0.4, 0.5) is 0 Å². The molecule has 2 rings (SSSR count). The summed E-state index contributed by atoms with van der Waals surface area (Å²) < 4.78 is 5.87. The lowest BCUT2D eigenvalue weighted by Gasteiger charge is -1.98. The van der Waals surface area contributed by atoms with E-state index in [0.717, 1.165) is 16.9 Å². The van der Waals surface area contributed by atoms with Gasteiger partial charge in [-0.25, -0.2) is 0 Å². The number of halogens is 1. The van der Waals surface area contributed by atoms with Crippen molar-refractivity contribution < 1.29 is 9.21 Å². The Morgan fingerprint density at radius 3 is 2.93 bits per heavy atom. The van der Waals surface area contributed by atoms with Crippen molar-refractivity contribution in [2.45, 2.75) is 13.3 Å². The summed E-state index contributed by atoms with van der Waals surface area (Å²) >= 11 is 4.75. The first-order valence-electron chi connectivity index (χ1n) is 4.58. The number of carbonyl (C=O) groups is 1. The van der Waals surface area contributed by atoms with Gasteiger partial charge in [0.15, 0.2) is 5.76 Å². The fourth-order valence-electron chi connectivity index (χ4n) is 1.37. The van der Waals surface area contributed by atoms with Gasteiger partial charge in [-0.05, 0) is 45.4 Å². The van der Waals surface area contributed by atoms with Crippen LogP contribution in [0.3, 0.4) is 0 Å². The summed E-state index contributed by atoms with van der Waals surface area (Å²) in [5.41, 5.74) is 1.08. The van der Waals surface area contributed by atoms with Crippen LogP contribution in [0.5, 0.6) is 0 Å². The molecule has 0 aliphatic carbocycles. The van der Waals surface area contributed by atoms with E-state index in [9.17, 15) is 4.79 Å². The number of rotatable bonds is 3. The number of furan rings is 1. The Morgan fingerprint density at radius 1 is 1.53 bits per heavy atom. The molecule has 2 heterocycles. The van der Waals surface area contributed by atoms with Crippen LogP contribution in [0.25, 0.3) is 0 Å². The predicted molar refractivity (Wildman–Crippen MR) is 63.5 cm³/mol. The number of aryl methyl sites for hydroxylation is 1. The van der Waals surface area contributed by atoms with E-state index in [1.165, 1.54) is 17.6 Å². The number of hydrogen-bond acceptors (Lipinski definition) is 3.